The molecule has 1 amide bonds. The summed E-state index contributed by atoms with van der Waals surface area (Å²) in [6.45, 7) is 5.61. The minimum atomic E-state index is -0.629. The second-order valence-corrected chi connectivity index (χ2v) is 8.16. The van der Waals surface area contributed by atoms with E-state index in [0.29, 0.717) is 12.5 Å². The van der Waals surface area contributed by atoms with Gasteiger partial charge in [-0.15, -0.1) is 0 Å². The van der Waals surface area contributed by atoms with Gasteiger partial charge in [-0.05, 0) is 52.4 Å². The van der Waals surface area contributed by atoms with Gasteiger partial charge < -0.3 is 19.9 Å². The molecule has 7 heteroatoms. The van der Waals surface area contributed by atoms with Crippen LogP contribution in [0.4, 0.5) is 4.79 Å². The van der Waals surface area contributed by atoms with Crippen molar-refractivity contribution in [2.24, 2.45) is 5.92 Å². The lowest BCUT2D eigenvalue weighted by Crippen LogP contribution is -2.58. The molecule has 0 spiro atoms. The van der Waals surface area contributed by atoms with Crippen LogP contribution in [0.3, 0.4) is 0 Å². The zero-order valence-electron chi connectivity index (χ0n) is 15.8. The molecule has 2 fully saturated rings. The van der Waals surface area contributed by atoms with Gasteiger partial charge in [0.25, 0.3) is 0 Å². The van der Waals surface area contributed by atoms with E-state index >= 15 is 0 Å². The Balaban J connectivity index is 2.00. The number of nitrogens with one attached hydrogen (secondary N) is 1. The molecule has 4 unspecified atom stereocenters. The first-order chi connectivity index (χ1) is 11.7. The van der Waals surface area contributed by atoms with Gasteiger partial charge in [0, 0.05) is 18.6 Å². The standard InChI is InChI=1S/C18H32N2O5/c1-18(2,3)25-17(23)20(11-15(22)24-4)10-13-9-8-12-6-5-7-14(21)16(12)19-13/h12-14,16,19,21H,5-11H2,1-4H3. The van der Waals surface area contributed by atoms with E-state index in [2.05, 4.69) is 5.32 Å². The largest absolute Gasteiger partial charge is 0.468 e. The first-order valence-electron chi connectivity index (χ1n) is 9.18. The van der Waals surface area contributed by atoms with Crippen LogP contribution in [-0.2, 0) is 14.3 Å². The summed E-state index contributed by atoms with van der Waals surface area (Å²) in [4.78, 5) is 25.5. The third-order valence-corrected chi connectivity index (χ3v) is 4.95. The van der Waals surface area contributed by atoms with Gasteiger partial charge in [0.15, 0.2) is 0 Å². The molecule has 1 aliphatic carbocycles. The SMILES string of the molecule is COC(=O)CN(CC1CCC2CCCC(O)C2N1)C(=O)OC(C)(C)C. The van der Waals surface area contributed by atoms with E-state index in [0.717, 1.165) is 32.1 Å². The zero-order valence-corrected chi connectivity index (χ0v) is 15.8. The predicted molar refractivity (Wildman–Crippen MR) is 93.1 cm³/mol. The molecule has 4 atom stereocenters. The molecule has 2 rings (SSSR count). The quantitative estimate of drug-likeness (QED) is 0.745. The van der Waals surface area contributed by atoms with Crippen molar-refractivity contribution < 1.29 is 24.2 Å². The molecule has 1 saturated heterocycles. The van der Waals surface area contributed by atoms with Gasteiger partial charge in [-0.1, -0.05) is 6.42 Å². The highest BCUT2D eigenvalue weighted by Gasteiger charge is 2.38. The van der Waals surface area contributed by atoms with E-state index in [1.807, 2.05) is 0 Å². The number of esters is 1. The van der Waals surface area contributed by atoms with E-state index in [9.17, 15) is 14.7 Å². The number of hydrogen-bond acceptors (Lipinski definition) is 6. The number of carbonyl (C=O) groups is 2. The lowest BCUT2D eigenvalue weighted by Gasteiger charge is -2.44. The molecular weight excluding hydrogens is 324 g/mol. The van der Waals surface area contributed by atoms with Gasteiger partial charge in [0.1, 0.15) is 12.1 Å². The first-order valence-corrected chi connectivity index (χ1v) is 9.18. The molecule has 2 aliphatic rings. The zero-order chi connectivity index (χ0) is 18.6. The van der Waals surface area contributed by atoms with Crippen molar-refractivity contribution in [2.45, 2.75) is 76.7 Å². The van der Waals surface area contributed by atoms with Crippen molar-refractivity contribution in [1.29, 1.82) is 0 Å². The maximum absolute atomic E-state index is 12.4. The normalized spacial score (nSPS) is 29.5. The molecule has 25 heavy (non-hydrogen) atoms. The molecule has 0 aromatic rings. The van der Waals surface area contributed by atoms with Gasteiger partial charge in [0.05, 0.1) is 13.2 Å². The Labute approximate surface area is 150 Å². The van der Waals surface area contributed by atoms with Gasteiger partial charge in [-0.2, -0.15) is 0 Å². The fraction of sp³-hybridized carbons (Fsp3) is 0.889. The van der Waals surface area contributed by atoms with Crippen molar-refractivity contribution in [1.82, 2.24) is 10.2 Å². The molecule has 7 nitrogen and oxygen atoms in total. The monoisotopic (exact) mass is 356 g/mol. The maximum atomic E-state index is 12.4. The highest BCUT2D eigenvalue weighted by molar-refractivity contribution is 5.78. The van der Waals surface area contributed by atoms with Crippen LogP contribution in [0.2, 0.25) is 0 Å². The summed E-state index contributed by atoms with van der Waals surface area (Å²) in [5.74, 6) is 0.0211. The van der Waals surface area contributed by atoms with Gasteiger partial charge in [-0.25, -0.2) is 4.79 Å². The minimum absolute atomic E-state index is 0.0335. The molecule has 144 valence electrons. The molecule has 1 saturated carbocycles. The fourth-order valence-electron chi connectivity index (χ4n) is 3.76. The number of aliphatic hydroxyl groups is 1. The number of ether oxygens (including phenoxy) is 2. The van der Waals surface area contributed by atoms with Crippen molar-refractivity contribution in [3.8, 4) is 0 Å². The van der Waals surface area contributed by atoms with Crippen LogP contribution in [0.5, 0.6) is 0 Å². The van der Waals surface area contributed by atoms with Crippen LogP contribution in [0.15, 0.2) is 0 Å². The number of methoxy groups -OCH3 is 1. The van der Waals surface area contributed by atoms with Crippen LogP contribution in [0.25, 0.3) is 0 Å². The molecule has 0 aromatic carbocycles. The van der Waals surface area contributed by atoms with Crippen LogP contribution < -0.4 is 5.32 Å². The third kappa shape index (κ3) is 5.85. The number of amides is 1. The average molecular weight is 356 g/mol. The molecule has 1 aliphatic heterocycles. The average Bonchev–Trinajstić information content (AvgIpc) is 2.53. The van der Waals surface area contributed by atoms with E-state index in [4.69, 9.17) is 9.47 Å². The first kappa shape index (κ1) is 20.0. The van der Waals surface area contributed by atoms with Crippen molar-refractivity contribution in [3.05, 3.63) is 0 Å². The number of hydrogen-bond donors (Lipinski definition) is 2. The highest BCUT2D eigenvalue weighted by atomic mass is 16.6. The Hall–Kier alpha value is -1.34. The summed E-state index contributed by atoms with van der Waals surface area (Å²) in [6.07, 6.45) is 4.11. The predicted octanol–water partition coefficient (Wildman–Crippen LogP) is 1.68. The van der Waals surface area contributed by atoms with E-state index in [1.165, 1.54) is 12.0 Å². The number of fused-ring (bicyclic) bond motifs is 1. The molecule has 0 bridgehead atoms. The molecular formula is C18H32N2O5. The van der Waals surface area contributed by atoms with Gasteiger partial charge in [-0.3, -0.25) is 9.69 Å². The van der Waals surface area contributed by atoms with Crippen LogP contribution >= 0.6 is 0 Å². The van der Waals surface area contributed by atoms with Crippen molar-refractivity contribution in [3.63, 3.8) is 0 Å². The summed E-state index contributed by atoms with van der Waals surface area (Å²) >= 11 is 0. The Morgan fingerprint density at radius 1 is 1.20 bits per heavy atom. The van der Waals surface area contributed by atoms with Gasteiger partial charge in [0.2, 0.25) is 0 Å². The van der Waals surface area contributed by atoms with E-state index in [1.54, 1.807) is 20.8 Å². The highest BCUT2D eigenvalue weighted by Crippen LogP contribution is 2.32. The lowest BCUT2D eigenvalue weighted by atomic mass is 9.76. The van der Waals surface area contributed by atoms with Crippen LogP contribution in [0, 0.1) is 5.92 Å². The van der Waals surface area contributed by atoms with E-state index < -0.39 is 17.7 Å². The Morgan fingerprint density at radius 2 is 1.92 bits per heavy atom. The Morgan fingerprint density at radius 3 is 2.56 bits per heavy atom. The van der Waals surface area contributed by atoms with Crippen molar-refractivity contribution >= 4 is 12.1 Å². The Bertz CT molecular complexity index is 477. The molecule has 0 aromatic heterocycles. The van der Waals surface area contributed by atoms with Gasteiger partial charge >= 0.3 is 12.1 Å². The van der Waals surface area contributed by atoms with Crippen LogP contribution in [-0.4, -0.2) is 66.1 Å². The number of aliphatic hydroxyl groups excluding tert-OH is 1. The smallest absolute Gasteiger partial charge is 0.410 e. The van der Waals surface area contributed by atoms with Crippen molar-refractivity contribution in [2.75, 3.05) is 20.2 Å². The number of piperidine rings is 1. The van der Waals surface area contributed by atoms with Crippen LogP contribution in [0.1, 0.15) is 52.9 Å². The summed E-state index contributed by atoms with van der Waals surface area (Å²) in [6, 6.07) is 0.109. The Kier molecular flexibility index (Phi) is 6.68. The fourth-order valence-corrected chi connectivity index (χ4v) is 3.76. The summed E-state index contributed by atoms with van der Waals surface area (Å²) < 4.78 is 10.1. The second-order valence-electron chi connectivity index (χ2n) is 8.16. The van der Waals surface area contributed by atoms with E-state index in [-0.39, 0.29) is 24.7 Å². The molecule has 0 radical (unpaired) electrons. The minimum Gasteiger partial charge on any atom is -0.468 e. The second kappa shape index (κ2) is 8.36. The number of nitrogens with zero attached hydrogens (tertiary/aromatic N) is 1. The summed E-state index contributed by atoms with van der Waals surface area (Å²) in [5, 5.41) is 13.8. The topological polar surface area (TPSA) is 88.1 Å². The summed E-state index contributed by atoms with van der Waals surface area (Å²) in [5.41, 5.74) is -0.629. The molecule has 2 N–H and O–H groups in total. The number of carbonyl (C=O) groups excluding carboxylic acids is 2. The molecule has 1 heterocycles. The lowest BCUT2D eigenvalue weighted by molar-refractivity contribution is -0.142. The maximum Gasteiger partial charge on any atom is 0.410 e. The summed E-state index contributed by atoms with van der Waals surface area (Å²) in [7, 11) is 1.30. The number of rotatable bonds is 4. The third-order valence-electron chi connectivity index (χ3n) is 4.95.